The molecule has 20 heavy (non-hydrogen) atoms. The van der Waals surface area contributed by atoms with Gasteiger partial charge in [0.1, 0.15) is 6.04 Å². The maximum atomic E-state index is 12.4. The van der Waals surface area contributed by atoms with Gasteiger partial charge in [-0.25, -0.2) is 0 Å². The molecular formula is C16H28N2O2. The highest BCUT2D eigenvalue weighted by molar-refractivity contribution is 5.82. The summed E-state index contributed by atoms with van der Waals surface area (Å²) in [6.07, 6.45) is 9.26. The van der Waals surface area contributed by atoms with E-state index in [2.05, 4.69) is 4.90 Å². The molecular weight excluding hydrogens is 252 g/mol. The topological polar surface area (TPSA) is 55.6 Å². The van der Waals surface area contributed by atoms with E-state index in [0.717, 1.165) is 30.7 Å². The second-order valence-corrected chi connectivity index (χ2v) is 7.06. The number of hydrogen-bond acceptors (Lipinski definition) is 3. The minimum atomic E-state index is -0.486. The molecule has 1 amide bonds. The van der Waals surface area contributed by atoms with Gasteiger partial charge in [0.15, 0.2) is 0 Å². The van der Waals surface area contributed by atoms with Gasteiger partial charge < -0.3 is 15.4 Å². The van der Waals surface area contributed by atoms with Crippen LogP contribution in [-0.2, 0) is 9.53 Å². The summed E-state index contributed by atoms with van der Waals surface area (Å²) >= 11 is 0. The van der Waals surface area contributed by atoms with E-state index in [1.54, 1.807) is 7.11 Å². The zero-order valence-corrected chi connectivity index (χ0v) is 12.6. The average molecular weight is 280 g/mol. The van der Waals surface area contributed by atoms with Crippen molar-refractivity contribution in [2.24, 2.45) is 23.5 Å². The third-order valence-electron chi connectivity index (χ3n) is 5.78. The normalized spacial score (nSPS) is 37.6. The van der Waals surface area contributed by atoms with Crippen LogP contribution in [0.1, 0.15) is 44.9 Å². The van der Waals surface area contributed by atoms with E-state index in [1.165, 1.54) is 38.5 Å². The van der Waals surface area contributed by atoms with Gasteiger partial charge in [-0.05, 0) is 56.3 Å². The number of rotatable bonds is 5. The number of nitrogens with two attached hydrogens (primary N) is 1. The lowest BCUT2D eigenvalue weighted by molar-refractivity contribution is -0.134. The highest BCUT2D eigenvalue weighted by atomic mass is 16.5. The zero-order chi connectivity index (χ0) is 14.1. The van der Waals surface area contributed by atoms with Crippen LogP contribution < -0.4 is 5.73 Å². The molecule has 114 valence electrons. The second-order valence-electron chi connectivity index (χ2n) is 7.06. The molecule has 5 unspecified atom stereocenters. The number of methoxy groups -OCH3 is 1. The van der Waals surface area contributed by atoms with Gasteiger partial charge in [-0.1, -0.05) is 6.42 Å². The summed E-state index contributed by atoms with van der Waals surface area (Å²) < 4.78 is 5.02. The molecule has 1 saturated heterocycles. The summed E-state index contributed by atoms with van der Waals surface area (Å²) in [7, 11) is 1.60. The standard InChI is InChI=1S/C16H28N2O2/c1-20-10-15(17)16(19)18-6-2-3-14(18)9-13-8-11-4-5-12(13)7-11/h11-15H,2-10,17H2,1H3. The monoisotopic (exact) mass is 280 g/mol. The molecule has 1 heterocycles. The molecule has 0 aromatic heterocycles. The summed E-state index contributed by atoms with van der Waals surface area (Å²) in [6, 6.07) is -0.0459. The molecule has 2 saturated carbocycles. The van der Waals surface area contributed by atoms with Gasteiger partial charge in [-0.15, -0.1) is 0 Å². The van der Waals surface area contributed by atoms with Gasteiger partial charge in [0.2, 0.25) is 5.91 Å². The van der Waals surface area contributed by atoms with Crippen LogP contribution in [0.5, 0.6) is 0 Å². The van der Waals surface area contributed by atoms with Gasteiger partial charge in [0.05, 0.1) is 6.61 Å². The summed E-state index contributed by atoms with van der Waals surface area (Å²) in [5, 5.41) is 0. The molecule has 1 aliphatic heterocycles. The number of fused-ring (bicyclic) bond motifs is 2. The van der Waals surface area contributed by atoms with E-state index in [9.17, 15) is 4.79 Å². The first-order chi connectivity index (χ1) is 9.69. The second kappa shape index (κ2) is 6.02. The molecule has 5 atom stereocenters. The molecule has 0 aromatic rings. The van der Waals surface area contributed by atoms with Crippen molar-refractivity contribution in [2.45, 2.75) is 57.0 Å². The van der Waals surface area contributed by atoms with Crippen molar-refractivity contribution >= 4 is 5.91 Å². The Morgan fingerprint density at radius 1 is 1.35 bits per heavy atom. The van der Waals surface area contributed by atoms with Crippen molar-refractivity contribution in [1.82, 2.24) is 4.90 Å². The van der Waals surface area contributed by atoms with Crippen molar-refractivity contribution in [3.63, 3.8) is 0 Å². The first-order valence-corrected chi connectivity index (χ1v) is 8.24. The quantitative estimate of drug-likeness (QED) is 0.835. The van der Waals surface area contributed by atoms with E-state index in [4.69, 9.17) is 10.5 Å². The molecule has 0 aromatic carbocycles. The van der Waals surface area contributed by atoms with Crippen molar-refractivity contribution in [3.8, 4) is 0 Å². The molecule has 0 spiro atoms. The molecule has 2 N–H and O–H groups in total. The lowest BCUT2D eigenvalue weighted by atomic mass is 9.83. The molecule has 4 nitrogen and oxygen atoms in total. The van der Waals surface area contributed by atoms with E-state index in [-0.39, 0.29) is 5.91 Å². The highest BCUT2D eigenvalue weighted by Crippen LogP contribution is 2.50. The summed E-state index contributed by atoms with van der Waals surface area (Å²) in [6.45, 7) is 1.22. The third-order valence-corrected chi connectivity index (χ3v) is 5.78. The van der Waals surface area contributed by atoms with Crippen LogP contribution in [0, 0.1) is 17.8 Å². The van der Waals surface area contributed by atoms with Crippen molar-refractivity contribution in [3.05, 3.63) is 0 Å². The molecule has 2 bridgehead atoms. The number of likely N-dealkylation sites (tertiary alicyclic amines) is 1. The Morgan fingerprint density at radius 2 is 2.20 bits per heavy atom. The third kappa shape index (κ3) is 2.73. The van der Waals surface area contributed by atoms with E-state index in [1.807, 2.05) is 0 Å². The van der Waals surface area contributed by atoms with Crippen molar-refractivity contribution in [1.29, 1.82) is 0 Å². The van der Waals surface area contributed by atoms with Gasteiger partial charge in [-0.2, -0.15) is 0 Å². The minimum absolute atomic E-state index is 0.0949. The molecule has 3 aliphatic rings. The fourth-order valence-corrected chi connectivity index (χ4v) is 4.85. The van der Waals surface area contributed by atoms with E-state index in [0.29, 0.717) is 12.6 Å². The number of amides is 1. The predicted octanol–water partition coefficient (Wildman–Crippen LogP) is 1.78. The minimum Gasteiger partial charge on any atom is -0.383 e. The maximum absolute atomic E-state index is 12.4. The molecule has 3 rings (SSSR count). The number of carbonyl (C=O) groups excluding carboxylic acids is 1. The molecule has 3 fully saturated rings. The first kappa shape index (κ1) is 14.3. The van der Waals surface area contributed by atoms with Gasteiger partial charge >= 0.3 is 0 Å². The fraction of sp³-hybridized carbons (Fsp3) is 0.938. The molecule has 2 aliphatic carbocycles. The molecule has 4 heteroatoms. The van der Waals surface area contributed by atoms with E-state index >= 15 is 0 Å². The number of hydrogen-bond donors (Lipinski definition) is 1. The van der Waals surface area contributed by atoms with Crippen molar-refractivity contribution in [2.75, 3.05) is 20.3 Å². The lowest BCUT2D eigenvalue weighted by Gasteiger charge is -2.31. The van der Waals surface area contributed by atoms with Crippen LogP contribution in [-0.4, -0.2) is 43.2 Å². The van der Waals surface area contributed by atoms with Gasteiger partial charge in [-0.3, -0.25) is 4.79 Å². The van der Waals surface area contributed by atoms with Crippen LogP contribution in [0.15, 0.2) is 0 Å². The molecule has 0 radical (unpaired) electrons. The smallest absolute Gasteiger partial charge is 0.242 e. The van der Waals surface area contributed by atoms with Crippen molar-refractivity contribution < 1.29 is 9.53 Å². The SMILES string of the molecule is COCC(N)C(=O)N1CCCC1CC1CC2CCC1C2. The number of nitrogens with zero attached hydrogens (tertiary/aromatic N) is 1. The highest BCUT2D eigenvalue weighted by Gasteiger charge is 2.42. The fourth-order valence-electron chi connectivity index (χ4n) is 4.85. The van der Waals surface area contributed by atoms with Crippen LogP contribution in [0.25, 0.3) is 0 Å². The zero-order valence-electron chi connectivity index (χ0n) is 12.6. The Kier molecular flexibility index (Phi) is 4.32. The van der Waals surface area contributed by atoms with Crippen LogP contribution in [0.3, 0.4) is 0 Å². The van der Waals surface area contributed by atoms with Gasteiger partial charge in [0, 0.05) is 19.7 Å². The summed E-state index contributed by atoms with van der Waals surface area (Å²) in [5.41, 5.74) is 5.92. The Bertz CT molecular complexity index is 360. The largest absolute Gasteiger partial charge is 0.383 e. The van der Waals surface area contributed by atoms with Crippen LogP contribution in [0.2, 0.25) is 0 Å². The summed E-state index contributed by atoms with van der Waals surface area (Å²) in [4.78, 5) is 14.5. The number of carbonyl (C=O) groups is 1. The summed E-state index contributed by atoms with van der Waals surface area (Å²) in [5.74, 6) is 2.90. The Balaban J connectivity index is 1.57. The van der Waals surface area contributed by atoms with Crippen LogP contribution >= 0.6 is 0 Å². The maximum Gasteiger partial charge on any atom is 0.242 e. The lowest BCUT2D eigenvalue weighted by Crippen LogP contribution is -2.48. The first-order valence-electron chi connectivity index (χ1n) is 8.24. The Hall–Kier alpha value is -0.610. The Labute approximate surface area is 122 Å². The average Bonchev–Trinajstić information content (AvgIpc) is 3.14. The van der Waals surface area contributed by atoms with E-state index < -0.39 is 6.04 Å². The van der Waals surface area contributed by atoms with Gasteiger partial charge in [0.25, 0.3) is 0 Å². The Morgan fingerprint density at radius 3 is 2.85 bits per heavy atom. The van der Waals surface area contributed by atoms with Crippen LogP contribution in [0.4, 0.5) is 0 Å². The predicted molar refractivity (Wildman–Crippen MR) is 78.1 cm³/mol. The number of ether oxygens (including phenoxy) is 1.